The molecule has 99 heavy (non-hydrogen) atoms. The highest BCUT2D eigenvalue weighted by atomic mass is 16.6. The summed E-state index contributed by atoms with van der Waals surface area (Å²) in [4.78, 5) is 125. The minimum Gasteiger partial charge on any atom is -0.484 e. The molecule has 0 spiro atoms. The number of nitrogens with two attached hydrogens (primary N) is 2. The van der Waals surface area contributed by atoms with Crippen molar-refractivity contribution in [2.45, 2.75) is 185 Å². The average Bonchev–Trinajstić information content (AvgIpc) is 0.909. The fourth-order valence-electron chi connectivity index (χ4n) is 13.5. The molecule has 7 amide bonds. The molecule has 26 heteroatoms. The summed E-state index contributed by atoms with van der Waals surface area (Å²) in [5, 5.41) is 19.3. The van der Waals surface area contributed by atoms with E-state index in [1.807, 2.05) is 57.2 Å². The molecule has 534 valence electrons. The molecule has 4 aliphatic rings. The van der Waals surface area contributed by atoms with E-state index in [-0.39, 0.29) is 98.3 Å². The SMILES string of the molecule is CN(CCOCCNC(=O)CCC12c3cc(NC(=O)CCCCCCCN)ccc3C(c3ccc(NC(=O)CCCCCCCN)cc31)c1ccc(NC(=O)CCCCCCCNC(=O)OC(C)(C)C)cc12)C(=O)[C@@H]1C[C@H](N=[N+]=[N-])CN1C(=O)COc1ccc2c(=O)oc(=O)n(C)c2c1. The van der Waals surface area contributed by atoms with E-state index in [2.05, 4.69) is 54.8 Å². The van der Waals surface area contributed by atoms with Crippen molar-refractivity contribution in [1.82, 2.24) is 25.0 Å². The topological polar surface area (TPSA) is 367 Å². The standard InChI is InChI=1S/C73H99N13O13/c1-72(2,3)99-70(94)78-36-20-14-8-11-17-23-65(90)81-50-26-30-55-59(43-50)73(57-41-48(79-63(88)21-15-9-6-12-18-34-74)24-28-53(57)67(55)54-29-25-49(42-58(54)73)80-64(89)22-16-10-7-13-19-35-75)33-32-62(87)77-37-39-96-40-38-84(4)68(92)61-44-51(82-83-76)46-86(61)66(91)47-97-52-27-31-56-60(45-52)85(5)71(95)98-69(56)93/h24-31,41-43,45,51,61,67H,6-23,32-40,44,46-47,74-75H2,1-5H3,(H,77,87)(H,78,94)(H,79,88)(H,80,89)(H,81,90)/t51-,61-,67?,73?/m0/s1. The number of nitrogens with one attached hydrogen (secondary N) is 5. The Kier molecular flexibility index (Phi) is 28.0. The quantitative estimate of drug-likeness (QED) is 0.00833. The van der Waals surface area contributed by atoms with Crippen LogP contribution in [0, 0.1) is 0 Å². The molecule has 26 nitrogen and oxygen atoms in total. The first-order valence-corrected chi connectivity index (χ1v) is 35.0. The lowest BCUT2D eigenvalue weighted by molar-refractivity contribution is -0.144. The van der Waals surface area contributed by atoms with Crippen LogP contribution in [0.4, 0.5) is 21.9 Å². The average molecular weight is 1370 g/mol. The van der Waals surface area contributed by atoms with Crippen molar-refractivity contribution >= 4 is 69.5 Å². The number of rotatable bonds is 39. The van der Waals surface area contributed by atoms with Crippen LogP contribution in [0.2, 0.25) is 0 Å². The van der Waals surface area contributed by atoms with Gasteiger partial charge in [-0.15, -0.1) is 0 Å². The van der Waals surface area contributed by atoms with E-state index in [0.717, 1.165) is 128 Å². The number of amides is 7. The number of nitrogens with zero attached hydrogens (tertiary/aromatic N) is 6. The molecule has 2 bridgehead atoms. The van der Waals surface area contributed by atoms with Gasteiger partial charge < -0.3 is 66.5 Å². The monoisotopic (exact) mass is 1370 g/mol. The van der Waals surface area contributed by atoms with Crippen molar-refractivity contribution < 1.29 is 52.2 Å². The normalized spacial score (nSPS) is 16.4. The first-order valence-electron chi connectivity index (χ1n) is 35.0. The molecular weight excluding hydrogens is 1270 g/mol. The van der Waals surface area contributed by atoms with Crippen LogP contribution in [0.1, 0.15) is 195 Å². The summed E-state index contributed by atoms with van der Waals surface area (Å²) >= 11 is 0. The van der Waals surface area contributed by atoms with Gasteiger partial charge >= 0.3 is 17.5 Å². The Bertz CT molecular complexity index is 3760. The molecule has 1 aliphatic heterocycles. The summed E-state index contributed by atoms with van der Waals surface area (Å²) in [6.45, 7) is 7.13. The lowest BCUT2D eigenvalue weighted by Gasteiger charge is -2.51. The summed E-state index contributed by atoms with van der Waals surface area (Å²) in [6, 6.07) is 20.7. The Labute approximate surface area is 578 Å². The Morgan fingerprint density at radius 2 is 1.19 bits per heavy atom. The number of fused-ring (bicyclic) bond motifs is 1. The van der Waals surface area contributed by atoms with Crippen LogP contribution in [0.25, 0.3) is 21.3 Å². The van der Waals surface area contributed by atoms with E-state index in [1.54, 1.807) is 7.05 Å². The Hall–Kier alpha value is -9.10. The molecule has 0 radical (unpaired) electrons. The van der Waals surface area contributed by atoms with E-state index in [9.17, 15) is 48.7 Å². The number of benzene rings is 4. The van der Waals surface area contributed by atoms with Crippen molar-refractivity contribution in [2.75, 3.05) is 82.1 Å². The number of anilines is 3. The number of unbranched alkanes of at least 4 members (excludes halogenated alkanes) is 12. The van der Waals surface area contributed by atoms with Crippen molar-refractivity contribution in [3.63, 3.8) is 0 Å². The highest BCUT2D eigenvalue weighted by Crippen LogP contribution is 2.62. The van der Waals surface area contributed by atoms with Gasteiger partial charge in [0.25, 0.3) is 5.91 Å². The van der Waals surface area contributed by atoms with Gasteiger partial charge in [0.05, 0.1) is 30.2 Å². The molecule has 9 N–H and O–H groups in total. The molecule has 2 atom stereocenters. The van der Waals surface area contributed by atoms with Gasteiger partial charge in [-0.2, -0.15) is 0 Å². The maximum Gasteiger partial charge on any atom is 0.422 e. The van der Waals surface area contributed by atoms with Crippen LogP contribution in [0.5, 0.6) is 5.75 Å². The predicted octanol–water partition coefficient (Wildman–Crippen LogP) is 9.64. The predicted molar refractivity (Wildman–Crippen MR) is 378 cm³/mol. The third-order valence-electron chi connectivity index (χ3n) is 18.5. The lowest BCUT2D eigenvalue weighted by Crippen LogP contribution is -2.48. The van der Waals surface area contributed by atoms with Crippen LogP contribution in [0.3, 0.4) is 0 Å². The molecule has 9 rings (SSSR count). The zero-order chi connectivity index (χ0) is 71.1. The molecule has 4 aromatic carbocycles. The number of likely N-dealkylation sites (N-methyl/N-ethyl adjacent to an activating group) is 1. The molecule has 2 heterocycles. The van der Waals surface area contributed by atoms with Gasteiger partial charge in [-0.25, -0.2) is 14.4 Å². The van der Waals surface area contributed by atoms with Crippen LogP contribution >= 0.6 is 0 Å². The van der Waals surface area contributed by atoms with Crippen molar-refractivity contribution in [2.24, 2.45) is 23.6 Å². The Morgan fingerprint density at radius 3 is 1.72 bits per heavy atom. The number of ether oxygens (including phenoxy) is 3. The molecule has 0 saturated carbocycles. The smallest absolute Gasteiger partial charge is 0.422 e. The van der Waals surface area contributed by atoms with Gasteiger partial charge in [-0.05, 0) is 173 Å². The number of aryl methyl sites for hydroxylation is 1. The molecule has 5 aromatic rings. The van der Waals surface area contributed by atoms with E-state index >= 15 is 0 Å². The number of hydrogen-bond donors (Lipinski definition) is 7. The van der Waals surface area contributed by atoms with E-state index in [1.165, 1.54) is 35.0 Å². The van der Waals surface area contributed by atoms with Gasteiger partial charge in [-0.3, -0.25) is 33.3 Å². The van der Waals surface area contributed by atoms with Crippen molar-refractivity contribution in [3.05, 3.63) is 138 Å². The third-order valence-corrected chi connectivity index (χ3v) is 18.5. The first kappa shape index (κ1) is 75.7. The van der Waals surface area contributed by atoms with E-state index < -0.39 is 59.0 Å². The second-order valence-corrected chi connectivity index (χ2v) is 27.0. The molecule has 1 saturated heterocycles. The molecule has 1 fully saturated rings. The van der Waals surface area contributed by atoms with Crippen LogP contribution < -0.4 is 54.2 Å². The fraction of sp³-hybridized carbons (Fsp3) is 0.548. The van der Waals surface area contributed by atoms with Gasteiger partial charge in [0.2, 0.25) is 29.5 Å². The molecule has 3 aliphatic carbocycles. The minimum absolute atomic E-state index is 0.0238. The number of aromatic nitrogens is 1. The number of likely N-dealkylation sites (tertiary alicyclic amines) is 1. The number of carbonyl (C=O) groups excluding carboxylic acids is 7. The van der Waals surface area contributed by atoms with Gasteiger partial charge in [0.15, 0.2) is 6.61 Å². The van der Waals surface area contributed by atoms with Crippen LogP contribution in [0.15, 0.2) is 91.9 Å². The number of carbonyl (C=O) groups is 7. The molecule has 0 unspecified atom stereocenters. The lowest BCUT2D eigenvalue weighted by atomic mass is 9.51. The van der Waals surface area contributed by atoms with Gasteiger partial charge in [0.1, 0.15) is 17.4 Å². The second-order valence-electron chi connectivity index (χ2n) is 27.0. The third kappa shape index (κ3) is 20.7. The van der Waals surface area contributed by atoms with Crippen molar-refractivity contribution in [1.29, 1.82) is 0 Å². The Balaban J connectivity index is 0.958. The van der Waals surface area contributed by atoms with Crippen LogP contribution in [-0.2, 0) is 50.7 Å². The number of hydrogen-bond acceptors (Lipinski definition) is 16. The zero-order valence-electron chi connectivity index (χ0n) is 58.0. The molecular formula is C73H99N13O13. The number of azide groups is 1. The van der Waals surface area contributed by atoms with Crippen molar-refractivity contribution in [3.8, 4) is 5.75 Å². The zero-order valence-corrected chi connectivity index (χ0v) is 58.0. The van der Waals surface area contributed by atoms with E-state index in [4.69, 9.17) is 30.1 Å². The maximum atomic E-state index is 14.4. The van der Waals surface area contributed by atoms with Crippen LogP contribution in [-0.4, -0.2) is 140 Å². The van der Waals surface area contributed by atoms with Gasteiger partial charge in [-0.1, -0.05) is 81.1 Å². The van der Waals surface area contributed by atoms with Gasteiger partial charge in [0, 0.05) is 105 Å². The number of alkyl carbamates (subject to hydrolysis) is 1. The second kappa shape index (κ2) is 36.6. The minimum atomic E-state index is -1.04. The highest BCUT2D eigenvalue weighted by molar-refractivity contribution is 5.94. The maximum absolute atomic E-state index is 14.4. The summed E-state index contributed by atoms with van der Waals surface area (Å²) in [5.41, 5.74) is 26.0. The summed E-state index contributed by atoms with van der Waals surface area (Å²) in [6.07, 6.45) is 14.1. The Morgan fingerprint density at radius 1 is 0.667 bits per heavy atom. The summed E-state index contributed by atoms with van der Waals surface area (Å²) in [5.74, 6) is -2.54. The summed E-state index contributed by atoms with van der Waals surface area (Å²) < 4.78 is 22.9. The largest absolute Gasteiger partial charge is 0.484 e. The summed E-state index contributed by atoms with van der Waals surface area (Å²) in [7, 11) is 3.00. The van der Waals surface area contributed by atoms with E-state index in [0.29, 0.717) is 62.4 Å². The fourth-order valence-corrected chi connectivity index (χ4v) is 13.5. The molecule has 1 aromatic heterocycles. The first-order chi connectivity index (χ1) is 47.6. The highest BCUT2D eigenvalue weighted by Gasteiger charge is 2.52.